The predicted octanol–water partition coefficient (Wildman–Crippen LogP) is 0.466. The molecule has 0 aliphatic carbocycles. The summed E-state index contributed by atoms with van der Waals surface area (Å²) in [4.78, 5) is 1.54. The molecule has 0 fully saturated rings. The molecule has 2 N–H and O–H groups in total. The van der Waals surface area contributed by atoms with E-state index < -0.39 is 15.8 Å². The molecule has 0 atom stereocenters. The fraction of sp³-hybridized carbons (Fsp3) is 0.500. The van der Waals surface area contributed by atoms with Crippen molar-refractivity contribution in [2.24, 2.45) is 5.73 Å². The zero-order valence-electron chi connectivity index (χ0n) is 11.4. The monoisotopic (exact) mass is 289 g/mol. The summed E-state index contributed by atoms with van der Waals surface area (Å²) in [7, 11) is 1.30. The van der Waals surface area contributed by atoms with Crippen LogP contribution in [0.5, 0.6) is 0 Å². The Morgan fingerprint density at radius 2 is 1.84 bits per heavy atom. The van der Waals surface area contributed by atoms with Gasteiger partial charge in [-0.1, -0.05) is 6.07 Å². The normalized spacial score (nSPS) is 12.4. The molecule has 0 spiro atoms. The summed E-state index contributed by atoms with van der Waals surface area (Å²) >= 11 is 0. The van der Waals surface area contributed by atoms with Crippen molar-refractivity contribution in [1.29, 1.82) is 0 Å². The molecule has 0 amide bonds. The Labute approximate surface area is 113 Å². The number of nitrogens with zero attached hydrogens (tertiary/aromatic N) is 2. The molecule has 0 saturated carbocycles. The van der Waals surface area contributed by atoms with Crippen molar-refractivity contribution in [2.45, 2.75) is 11.4 Å². The zero-order chi connectivity index (χ0) is 14.6. The molecule has 0 aliphatic heterocycles. The Hall–Kier alpha value is -1.02. The summed E-state index contributed by atoms with van der Waals surface area (Å²) in [6.45, 7) is 1.03. The van der Waals surface area contributed by atoms with Crippen molar-refractivity contribution in [3.8, 4) is 0 Å². The highest BCUT2D eigenvalue weighted by Gasteiger charge is 2.24. The minimum atomic E-state index is -3.82. The van der Waals surface area contributed by atoms with Crippen LogP contribution in [0.3, 0.4) is 0 Å². The molecule has 0 bridgehead atoms. The molecule has 7 heteroatoms. The number of sulfonamides is 1. The Morgan fingerprint density at radius 1 is 1.21 bits per heavy atom. The van der Waals surface area contributed by atoms with Crippen LogP contribution in [0.1, 0.15) is 5.56 Å². The van der Waals surface area contributed by atoms with E-state index in [9.17, 15) is 12.8 Å². The first-order chi connectivity index (χ1) is 8.78. The lowest BCUT2D eigenvalue weighted by atomic mass is 10.2. The van der Waals surface area contributed by atoms with Crippen LogP contribution in [-0.4, -0.2) is 51.9 Å². The topological polar surface area (TPSA) is 66.6 Å². The van der Waals surface area contributed by atoms with Crippen molar-refractivity contribution < 1.29 is 12.8 Å². The Kier molecular flexibility index (Phi) is 5.42. The molecule has 5 nitrogen and oxygen atoms in total. The molecular formula is C12H20FN3O2S. The van der Waals surface area contributed by atoms with Gasteiger partial charge in [0.25, 0.3) is 0 Å². The third-order valence-corrected chi connectivity index (χ3v) is 4.65. The summed E-state index contributed by atoms with van der Waals surface area (Å²) in [5.74, 6) is -0.756. The molecule has 0 aromatic heterocycles. The third-order valence-electron chi connectivity index (χ3n) is 2.78. The summed E-state index contributed by atoms with van der Waals surface area (Å²) in [6, 6.07) is 3.90. The number of likely N-dealkylation sites (N-methyl/N-ethyl adjacent to an activating group) is 2. The largest absolute Gasteiger partial charge is 0.326 e. The summed E-state index contributed by atoms with van der Waals surface area (Å²) in [5.41, 5.74) is 6.03. The van der Waals surface area contributed by atoms with E-state index in [-0.39, 0.29) is 11.4 Å². The third kappa shape index (κ3) is 3.97. The first kappa shape index (κ1) is 16.0. The standard InChI is InChI=1S/C12H20FN3O2S/c1-15(2)6-7-16(3)19(17,18)12-8-10(9-14)4-5-11(12)13/h4-5,8H,6-7,9,14H2,1-3H3. The molecule has 0 aliphatic rings. The first-order valence-corrected chi connectivity index (χ1v) is 7.32. The van der Waals surface area contributed by atoms with Crippen LogP contribution in [0.25, 0.3) is 0 Å². The highest BCUT2D eigenvalue weighted by Crippen LogP contribution is 2.19. The molecule has 1 rings (SSSR count). The van der Waals surface area contributed by atoms with E-state index in [0.717, 1.165) is 10.4 Å². The maximum absolute atomic E-state index is 13.7. The highest BCUT2D eigenvalue weighted by molar-refractivity contribution is 7.89. The number of nitrogens with two attached hydrogens (primary N) is 1. The molecular weight excluding hydrogens is 269 g/mol. The van der Waals surface area contributed by atoms with Gasteiger partial charge in [0.05, 0.1) is 0 Å². The van der Waals surface area contributed by atoms with Gasteiger partial charge in [-0.15, -0.1) is 0 Å². The maximum Gasteiger partial charge on any atom is 0.245 e. The van der Waals surface area contributed by atoms with Crippen LogP contribution in [0, 0.1) is 5.82 Å². The minimum absolute atomic E-state index is 0.171. The van der Waals surface area contributed by atoms with Crippen LogP contribution >= 0.6 is 0 Å². The lowest BCUT2D eigenvalue weighted by Gasteiger charge is -2.20. The number of benzene rings is 1. The van der Waals surface area contributed by atoms with Gasteiger partial charge in [-0.3, -0.25) is 0 Å². The maximum atomic E-state index is 13.7. The average molecular weight is 289 g/mol. The van der Waals surface area contributed by atoms with E-state index in [4.69, 9.17) is 5.73 Å². The number of hydrogen-bond donors (Lipinski definition) is 1. The lowest BCUT2D eigenvalue weighted by Crippen LogP contribution is -2.34. The number of hydrogen-bond acceptors (Lipinski definition) is 4. The van der Waals surface area contributed by atoms with Gasteiger partial charge in [-0.2, -0.15) is 4.31 Å². The van der Waals surface area contributed by atoms with Crippen molar-refractivity contribution in [3.05, 3.63) is 29.6 Å². The fourth-order valence-corrected chi connectivity index (χ4v) is 2.77. The fourth-order valence-electron chi connectivity index (χ4n) is 1.50. The molecule has 0 heterocycles. The molecule has 19 heavy (non-hydrogen) atoms. The smallest absolute Gasteiger partial charge is 0.245 e. The van der Waals surface area contributed by atoms with Gasteiger partial charge >= 0.3 is 0 Å². The summed E-state index contributed by atoms with van der Waals surface area (Å²) in [6.07, 6.45) is 0. The van der Waals surface area contributed by atoms with Gasteiger partial charge in [0.15, 0.2) is 0 Å². The van der Waals surface area contributed by atoms with Gasteiger partial charge in [0.1, 0.15) is 10.7 Å². The Bertz CT molecular complexity index is 532. The number of halogens is 1. The van der Waals surface area contributed by atoms with Crippen molar-refractivity contribution in [1.82, 2.24) is 9.21 Å². The molecule has 108 valence electrons. The summed E-state index contributed by atoms with van der Waals surface area (Å²) in [5, 5.41) is 0. The predicted molar refractivity (Wildman–Crippen MR) is 72.7 cm³/mol. The second-order valence-electron chi connectivity index (χ2n) is 4.60. The second kappa shape index (κ2) is 6.42. The van der Waals surface area contributed by atoms with Crippen LogP contribution < -0.4 is 5.73 Å². The van der Waals surface area contributed by atoms with Crippen molar-refractivity contribution in [3.63, 3.8) is 0 Å². The molecule has 0 radical (unpaired) electrons. The Balaban J connectivity index is 3.05. The van der Waals surface area contributed by atoms with E-state index in [1.165, 1.54) is 19.2 Å². The van der Waals surface area contributed by atoms with Gasteiger partial charge in [0.2, 0.25) is 10.0 Å². The van der Waals surface area contributed by atoms with E-state index >= 15 is 0 Å². The molecule has 0 saturated heterocycles. The first-order valence-electron chi connectivity index (χ1n) is 5.88. The lowest BCUT2D eigenvalue weighted by molar-refractivity contribution is 0.357. The van der Waals surface area contributed by atoms with Gasteiger partial charge in [-0.05, 0) is 31.8 Å². The van der Waals surface area contributed by atoms with Gasteiger partial charge in [-0.25, -0.2) is 12.8 Å². The Morgan fingerprint density at radius 3 is 2.37 bits per heavy atom. The van der Waals surface area contributed by atoms with Gasteiger partial charge < -0.3 is 10.6 Å². The molecule has 1 aromatic rings. The number of rotatable bonds is 6. The van der Waals surface area contributed by atoms with Crippen molar-refractivity contribution >= 4 is 10.0 Å². The zero-order valence-corrected chi connectivity index (χ0v) is 12.2. The van der Waals surface area contributed by atoms with Crippen LogP contribution in [0.4, 0.5) is 4.39 Å². The van der Waals surface area contributed by atoms with E-state index in [2.05, 4.69) is 0 Å². The molecule has 1 aromatic carbocycles. The van der Waals surface area contributed by atoms with E-state index in [1.54, 1.807) is 0 Å². The minimum Gasteiger partial charge on any atom is -0.326 e. The van der Waals surface area contributed by atoms with Crippen molar-refractivity contribution in [2.75, 3.05) is 34.2 Å². The average Bonchev–Trinajstić information content (AvgIpc) is 2.36. The summed E-state index contributed by atoms with van der Waals surface area (Å²) < 4.78 is 39.4. The quantitative estimate of drug-likeness (QED) is 0.826. The van der Waals surface area contributed by atoms with Crippen LogP contribution in [-0.2, 0) is 16.6 Å². The van der Waals surface area contributed by atoms with E-state index in [0.29, 0.717) is 18.7 Å². The highest BCUT2D eigenvalue weighted by atomic mass is 32.2. The van der Waals surface area contributed by atoms with E-state index in [1.807, 2.05) is 19.0 Å². The SMILES string of the molecule is CN(C)CCN(C)S(=O)(=O)c1cc(CN)ccc1F. The van der Waals surface area contributed by atoms with Gasteiger partial charge in [0, 0.05) is 26.7 Å². The van der Waals surface area contributed by atoms with Crippen LogP contribution in [0.2, 0.25) is 0 Å². The van der Waals surface area contributed by atoms with Crippen LogP contribution in [0.15, 0.2) is 23.1 Å². The second-order valence-corrected chi connectivity index (χ2v) is 6.61. The molecule has 0 unspecified atom stereocenters.